The molecule has 1 heterocycles. The third-order valence-electron chi connectivity index (χ3n) is 5.26. The molecule has 170 valence electrons. The van der Waals surface area contributed by atoms with Gasteiger partial charge in [-0.25, -0.2) is 0 Å². The first-order valence-electron chi connectivity index (χ1n) is 11.2. The summed E-state index contributed by atoms with van der Waals surface area (Å²) in [5, 5.41) is 10.0. The highest BCUT2D eigenvalue weighted by atomic mass is 16.5. The van der Waals surface area contributed by atoms with Crippen molar-refractivity contribution < 1.29 is 9.47 Å². The van der Waals surface area contributed by atoms with Gasteiger partial charge in [-0.05, 0) is 30.9 Å². The van der Waals surface area contributed by atoms with Crippen LogP contribution in [0, 0.1) is 5.92 Å². The third-order valence-corrected chi connectivity index (χ3v) is 5.26. The Morgan fingerprint density at radius 3 is 2.39 bits per heavy atom. The van der Waals surface area contributed by atoms with Crippen molar-refractivity contribution in [3.63, 3.8) is 0 Å². The maximum atomic E-state index is 5.56. The van der Waals surface area contributed by atoms with Gasteiger partial charge in [0, 0.05) is 24.8 Å². The van der Waals surface area contributed by atoms with E-state index in [1.165, 1.54) is 19.3 Å². The van der Waals surface area contributed by atoms with Crippen molar-refractivity contribution in [1.29, 1.82) is 0 Å². The maximum absolute atomic E-state index is 5.56. The molecule has 0 bridgehead atoms. The summed E-state index contributed by atoms with van der Waals surface area (Å²) in [6.07, 6.45) is 4.90. The van der Waals surface area contributed by atoms with Gasteiger partial charge in [0.25, 0.3) is 0 Å². The second-order valence-corrected chi connectivity index (χ2v) is 7.75. The molecule has 1 aromatic carbocycles. The second-order valence-electron chi connectivity index (χ2n) is 7.75. The van der Waals surface area contributed by atoms with Crippen LogP contribution in [0.3, 0.4) is 0 Å². The molecule has 3 rings (SSSR count). The molecule has 0 saturated heterocycles. The van der Waals surface area contributed by atoms with Gasteiger partial charge in [0.2, 0.25) is 17.8 Å². The number of para-hydroxylation sites is 1. The molecule has 2 aromatic rings. The fraction of sp³-hybridized carbons (Fsp3) is 0.591. The van der Waals surface area contributed by atoms with E-state index in [9.17, 15) is 0 Å². The number of anilines is 4. The van der Waals surface area contributed by atoms with Crippen molar-refractivity contribution >= 4 is 23.5 Å². The van der Waals surface area contributed by atoms with Crippen molar-refractivity contribution in [3.8, 4) is 0 Å². The molecule has 0 spiro atoms. The van der Waals surface area contributed by atoms with E-state index in [-0.39, 0.29) is 0 Å². The highest BCUT2D eigenvalue weighted by Crippen LogP contribution is 2.26. The Bertz CT molecular complexity index is 763. The first kappa shape index (κ1) is 23.2. The van der Waals surface area contributed by atoms with Gasteiger partial charge >= 0.3 is 0 Å². The SMILES string of the molecule is CC1CCCCC1Nc1nc(NCCOCCOCCN)nc(Nc2ccccc2)n1. The fourth-order valence-electron chi connectivity index (χ4n) is 3.56. The number of rotatable bonds is 13. The number of nitrogens with zero attached hydrogens (tertiary/aromatic N) is 3. The smallest absolute Gasteiger partial charge is 0.233 e. The highest BCUT2D eigenvalue weighted by molar-refractivity contribution is 5.55. The molecule has 2 atom stereocenters. The zero-order valence-corrected chi connectivity index (χ0v) is 18.3. The second kappa shape index (κ2) is 13.0. The summed E-state index contributed by atoms with van der Waals surface area (Å²) < 4.78 is 10.9. The van der Waals surface area contributed by atoms with Crippen LogP contribution in [0.2, 0.25) is 0 Å². The summed E-state index contributed by atoms with van der Waals surface area (Å²) >= 11 is 0. The van der Waals surface area contributed by atoms with E-state index in [1.54, 1.807) is 0 Å². The zero-order valence-electron chi connectivity index (χ0n) is 18.3. The minimum Gasteiger partial charge on any atom is -0.378 e. The Morgan fingerprint density at radius 2 is 1.61 bits per heavy atom. The lowest BCUT2D eigenvalue weighted by Crippen LogP contribution is -2.31. The minimum absolute atomic E-state index is 0.380. The largest absolute Gasteiger partial charge is 0.378 e. The van der Waals surface area contributed by atoms with Crippen LogP contribution in [-0.2, 0) is 9.47 Å². The van der Waals surface area contributed by atoms with E-state index in [0.717, 1.165) is 12.1 Å². The van der Waals surface area contributed by atoms with Crippen LogP contribution in [0.25, 0.3) is 0 Å². The van der Waals surface area contributed by atoms with Crippen LogP contribution >= 0.6 is 0 Å². The van der Waals surface area contributed by atoms with E-state index < -0.39 is 0 Å². The number of ether oxygens (including phenoxy) is 2. The molecule has 0 aliphatic heterocycles. The van der Waals surface area contributed by atoms with E-state index in [2.05, 4.69) is 37.8 Å². The highest BCUT2D eigenvalue weighted by Gasteiger charge is 2.22. The number of benzene rings is 1. The van der Waals surface area contributed by atoms with Crippen molar-refractivity contribution in [1.82, 2.24) is 15.0 Å². The van der Waals surface area contributed by atoms with Crippen molar-refractivity contribution in [3.05, 3.63) is 30.3 Å². The summed E-state index contributed by atoms with van der Waals surface area (Å²) in [6, 6.07) is 10.3. The number of nitrogens with one attached hydrogen (secondary N) is 3. The van der Waals surface area contributed by atoms with Gasteiger partial charge in [0.05, 0.1) is 26.4 Å². The maximum Gasteiger partial charge on any atom is 0.233 e. The van der Waals surface area contributed by atoms with Crippen molar-refractivity contribution in [2.24, 2.45) is 11.7 Å². The zero-order chi connectivity index (χ0) is 21.7. The van der Waals surface area contributed by atoms with Gasteiger partial charge < -0.3 is 31.2 Å². The first-order valence-corrected chi connectivity index (χ1v) is 11.2. The molecule has 1 aliphatic carbocycles. The van der Waals surface area contributed by atoms with Crippen LogP contribution in [0.5, 0.6) is 0 Å². The fourth-order valence-corrected chi connectivity index (χ4v) is 3.56. The molecule has 5 N–H and O–H groups in total. The molecule has 0 amide bonds. The lowest BCUT2D eigenvalue weighted by Gasteiger charge is -2.29. The Hall–Kier alpha value is -2.49. The van der Waals surface area contributed by atoms with Gasteiger partial charge in [-0.3, -0.25) is 0 Å². The van der Waals surface area contributed by atoms with Gasteiger partial charge in [0.15, 0.2) is 0 Å². The number of nitrogens with two attached hydrogens (primary N) is 1. The van der Waals surface area contributed by atoms with Crippen LogP contribution in [-0.4, -0.2) is 60.5 Å². The van der Waals surface area contributed by atoms with Gasteiger partial charge in [-0.1, -0.05) is 38.0 Å². The molecule has 31 heavy (non-hydrogen) atoms. The van der Waals surface area contributed by atoms with E-state index in [0.29, 0.717) is 69.3 Å². The summed E-state index contributed by atoms with van der Waals surface area (Å²) in [7, 11) is 0. The number of hydrogen-bond donors (Lipinski definition) is 4. The molecule has 9 heteroatoms. The third kappa shape index (κ3) is 8.28. The van der Waals surface area contributed by atoms with Crippen LogP contribution in [0.4, 0.5) is 23.5 Å². The van der Waals surface area contributed by atoms with Gasteiger partial charge in [-0.15, -0.1) is 0 Å². The normalized spacial score (nSPS) is 18.5. The molecule has 1 aromatic heterocycles. The molecular weight excluding hydrogens is 394 g/mol. The number of aromatic nitrogens is 3. The van der Waals surface area contributed by atoms with E-state index in [4.69, 9.17) is 15.2 Å². The molecule has 2 unspecified atom stereocenters. The predicted molar refractivity (Wildman–Crippen MR) is 124 cm³/mol. The average molecular weight is 430 g/mol. The molecule has 0 radical (unpaired) electrons. The first-order chi connectivity index (χ1) is 15.2. The van der Waals surface area contributed by atoms with E-state index in [1.807, 2.05) is 30.3 Å². The minimum atomic E-state index is 0.380. The molecular formula is C22H35N7O2. The van der Waals surface area contributed by atoms with Crippen LogP contribution in [0.15, 0.2) is 30.3 Å². The summed E-state index contributed by atoms with van der Waals surface area (Å²) in [4.78, 5) is 13.7. The van der Waals surface area contributed by atoms with Gasteiger partial charge in [0.1, 0.15) is 0 Å². The topological polar surface area (TPSA) is 119 Å². The Kier molecular flexibility index (Phi) is 9.75. The Balaban J connectivity index is 1.59. The summed E-state index contributed by atoms with van der Waals surface area (Å²) in [5.74, 6) is 2.21. The van der Waals surface area contributed by atoms with Gasteiger partial charge in [-0.2, -0.15) is 15.0 Å². The lowest BCUT2D eigenvalue weighted by molar-refractivity contribution is 0.0547. The summed E-state index contributed by atoms with van der Waals surface area (Å²) in [6.45, 7) is 5.56. The van der Waals surface area contributed by atoms with Crippen molar-refractivity contribution in [2.75, 3.05) is 55.5 Å². The van der Waals surface area contributed by atoms with E-state index >= 15 is 0 Å². The molecule has 1 saturated carbocycles. The van der Waals surface area contributed by atoms with Crippen molar-refractivity contribution in [2.45, 2.75) is 38.6 Å². The predicted octanol–water partition coefficient (Wildman–Crippen LogP) is 3.01. The number of hydrogen-bond acceptors (Lipinski definition) is 9. The Morgan fingerprint density at radius 1 is 0.903 bits per heavy atom. The Labute approximate surface area is 184 Å². The van der Waals surface area contributed by atoms with Crippen LogP contribution < -0.4 is 21.7 Å². The standard InChI is InChI=1S/C22H35N7O2/c1-17-7-5-6-10-19(17)26-22-28-20(24-12-14-31-16-15-30-13-11-23)27-21(29-22)25-18-8-3-2-4-9-18/h2-4,8-9,17,19H,5-7,10-16,23H2,1H3,(H3,24,25,26,27,28,29). The molecule has 1 aliphatic rings. The quantitative estimate of drug-likeness (QED) is 0.356. The monoisotopic (exact) mass is 429 g/mol. The average Bonchev–Trinajstić information content (AvgIpc) is 2.78. The van der Waals surface area contributed by atoms with Crippen LogP contribution in [0.1, 0.15) is 32.6 Å². The summed E-state index contributed by atoms with van der Waals surface area (Å²) in [5.41, 5.74) is 6.32. The molecule has 1 fully saturated rings. The molecule has 9 nitrogen and oxygen atoms in total. The lowest BCUT2D eigenvalue weighted by atomic mass is 9.86.